The van der Waals surface area contributed by atoms with E-state index < -0.39 is 8.15 Å². The third-order valence-corrected chi connectivity index (χ3v) is 2.31. The molecule has 0 radical (unpaired) electrons. The van der Waals surface area contributed by atoms with Gasteiger partial charge in [0.05, 0.1) is 0 Å². The smallest absolute Gasteiger partial charge is 0.123 e. The summed E-state index contributed by atoms with van der Waals surface area (Å²) in [5.41, 5.74) is 2.72. The highest BCUT2D eigenvalue weighted by Gasteiger charge is 1.96. The third-order valence-electron chi connectivity index (χ3n) is 1.27. The number of hydrogen-bond acceptors (Lipinski definition) is 1. The summed E-state index contributed by atoms with van der Waals surface area (Å²) in [6, 6.07) is 9.76. The molecule has 1 atom stereocenters. The van der Waals surface area contributed by atoms with Crippen molar-refractivity contribution in [3.8, 4) is 5.75 Å². The van der Waals surface area contributed by atoms with Gasteiger partial charge in [0.1, 0.15) is 13.9 Å². The Labute approximate surface area is 74.2 Å². The molecule has 1 unspecified atom stereocenters. The van der Waals surface area contributed by atoms with Crippen molar-refractivity contribution >= 4 is 8.15 Å². The van der Waals surface area contributed by atoms with Crippen LogP contribution in [0.3, 0.4) is 0 Å². The molecule has 0 heterocycles. The molecule has 62 valence electrons. The average molecular weight is 178 g/mol. The van der Waals surface area contributed by atoms with Crippen LogP contribution in [0.1, 0.15) is 0 Å². The second-order valence-electron chi connectivity index (χ2n) is 2.28. The lowest BCUT2D eigenvalue weighted by Crippen LogP contribution is -1.81. The van der Waals surface area contributed by atoms with Crippen molar-refractivity contribution in [2.24, 2.45) is 0 Å². The van der Waals surface area contributed by atoms with Gasteiger partial charge < -0.3 is 4.52 Å². The molecule has 0 saturated heterocycles. The van der Waals surface area contributed by atoms with Crippen LogP contribution in [0.15, 0.2) is 48.5 Å². The van der Waals surface area contributed by atoms with E-state index in [1.165, 1.54) is 0 Å². The maximum absolute atomic E-state index is 5.56. The lowest BCUT2D eigenvalue weighted by atomic mass is 10.3. The molecule has 0 spiro atoms. The Morgan fingerprint density at radius 1 is 1.42 bits per heavy atom. The fraction of sp³-hybridized carbons (Fsp3) is 0.100. The first-order valence-electron chi connectivity index (χ1n) is 3.65. The summed E-state index contributed by atoms with van der Waals surface area (Å²) >= 11 is 0. The van der Waals surface area contributed by atoms with Crippen molar-refractivity contribution in [1.29, 1.82) is 0 Å². The minimum absolute atomic E-state index is 0.556. The lowest BCUT2D eigenvalue weighted by Gasteiger charge is -2.08. The molecule has 0 aliphatic carbocycles. The van der Waals surface area contributed by atoms with Crippen molar-refractivity contribution in [3.63, 3.8) is 0 Å². The van der Waals surface area contributed by atoms with Gasteiger partial charge >= 0.3 is 0 Å². The summed E-state index contributed by atoms with van der Waals surface area (Å²) in [6.07, 6.45) is 0. The Morgan fingerprint density at radius 2 is 2.08 bits per heavy atom. The second-order valence-corrected chi connectivity index (χ2v) is 3.82. The molecule has 0 aromatic heterocycles. The summed E-state index contributed by atoms with van der Waals surface area (Å²) in [6.45, 7) is 5.51. The third kappa shape index (κ3) is 2.92. The Morgan fingerprint density at radius 3 is 2.67 bits per heavy atom. The van der Waals surface area contributed by atoms with E-state index in [0.29, 0.717) is 0 Å². The van der Waals surface area contributed by atoms with Crippen molar-refractivity contribution in [2.45, 2.75) is 0 Å². The van der Waals surface area contributed by atoms with E-state index in [1.54, 1.807) is 0 Å². The highest BCUT2D eigenvalue weighted by Crippen LogP contribution is 2.34. The molecule has 1 aromatic carbocycles. The molecule has 0 bridgehead atoms. The average Bonchev–Trinajstić information content (AvgIpc) is 2.06. The van der Waals surface area contributed by atoms with Gasteiger partial charge in [-0.05, 0) is 18.8 Å². The maximum atomic E-state index is 5.56. The monoisotopic (exact) mass is 178 g/mol. The van der Waals surface area contributed by atoms with E-state index >= 15 is 0 Å². The van der Waals surface area contributed by atoms with Crippen molar-refractivity contribution in [3.05, 3.63) is 48.5 Å². The number of para-hydroxylation sites is 1. The molecule has 2 heteroatoms. The van der Waals surface area contributed by atoms with Crippen LogP contribution in [0.25, 0.3) is 0 Å². The lowest BCUT2D eigenvalue weighted by molar-refractivity contribution is 0.626. The highest BCUT2D eigenvalue weighted by molar-refractivity contribution is 7.55. The van der Waals surface area contributed by atoms with E-state index in [1.807, 2.05) is 42.8 Å². The summed E-state index contributed by atoms with van der Waals surface area (Å²) in [5, 5.41) is 0. The van der Waals surface area contributed by atoms with Gasteiger partial charge in [0.2, 0.25) is 0 Å². The van der Waals surface area contributed by atoms with Crippen LogP contribution in [0.2, 0.25) is 0 Å². The number of benzene rings is 1. The standard InChI is InChI=1S/C10H11OP/c1-3-9-12(2)11-10-7-5-4-6-8-10/h4-9H,1H2,2H3. The van der Waals surface area contributed by atoms with Gasteiger partial charge in [-0.2, -0.15) is 0 Å². The Bertz CT molecular complexity index is 275. The molecule has 1 rings (SSSR count). The summed E-state index contributed by atoms with van der Waals surface area (Å²) < 4.78 is 5.56. The van der Waals surface area contributed by atoms with E-state index in [4.69, 9.17) is 4.52 Å². The fourth-order valence-electron chi connectivity index (χ4n) is 0.803. The van der Waals surface area contributed by atoms with Gasteiger partial charge in [0.15, 0.2) is 0 Å². The molecule has 0 aliphatic rings. The normalized spacial score (nSPS) is 11.4. The van der Waals surface area contributed by atoms with Gasteiger partial charge in [-0.15, -0.1) is 5.73 Å². The summed E-state index contributed by atoms with van der Waals surface area (Å²) in [5.74, 6) is 2.75. The van der Waals surface area contributed by atoms with Crippen LogP contribution in [-0.4, -0.2) is 6.66 Å². The second kappa shape index (κ2) is 4.77. The van der Waals surface area contributed by atoms with E-state index in [0.717, 1.165) is 5.75 Å². The van der Waals surface area contributed by atoms with Crippen LogP contribution >= 0.6 is 8.15 Å². The molecule has 12 heavy (non-hydrogen) atoms. The Balaban J connectivity index is 2.58. The zero-order chi connectivity index (χ0) is 8.81. The van der Waals surface area contributed by atoms with Gasteiger partial charge in [-0.25, -0.2) is 0 Å². The highest BCUT2D eigenvalue weighted by atomic mass is 31.1. The van der Waals surface area contributed by atoms with E-state index in [9.17, 15) is 0 Å². The first-order valence-corrected chi connectivity index (χ1v) is 5.42. The maximum Gasteiger partial charge on any atom is 0.123 e. The largest absolute Gasteiger partial charge is 0.470 e. The van der Waals surface area contributed by atoms with Crippen molar-refractivity contribution in [1.82, 2.24) is 0 Å². The Kier molecular flexibility index (Phi) is 3.60. The van der Waals surface area contributed by atoms with Crippen LogP contribution in [0.5, 0.6) is 5.75 Å². The number of hydrogen-bond donors (Lipinski definition) is 0. The van der Waals surface area contributed by atoms with Crippen LogP contribution in [-0.2, 0) is 0 Å². The Hall–Kier alpha value is -1.03. The SMILES string of the molecule is C=C=CP(C)Oc1ccccc1. The van der Waals surface area contributed by atoms with Crippen LogP contribution in [0, 0.1) is 0 Å². The minimum atomic E-state index is -0.556. The minimum Gasteiger partial charge on any atom is -0.470 e. The molecule has 0 aliphatic heterocycles. The number of rotatable bonds is 3. The predicted octanol–water partition coefficient (Wildman–Crippen LogP) is 3.39. The predicted molar refractivity (Wildman–Crippen MR) is 53.6 cm³/mol. The molecule has 0 saturated carbocycles. The van der Waals surface area contributed by atoms with E-state index in [-0.39, 0.29) is 0 Å². The van der Waals surface area contributed by atoms with Gasteiger partial charge in [-0.1, -0.05) is 24.8 Å². The quantitative estimate of drug-likeness (QED) is 0.509. The molecular weight excluding hydrogens is 167 g/mol. The van der Waals surface area contributed by atoms with Gasteiger partial charge in [0, 0.05) is 5.82 Å². The molecule has 1 aromatic rings. The zero-order valence-electron chi connectivity index (χ0n) is 7.03. The first-order chi connectivity index (χ1) is 5.83. The van der Waals surface area contributed by atoms with Crippen molar-refractivity contribution < 1.29 is 4.52 Å². The van der Waals surface area contributed by atoms with Crippen molar-refractivity contribution in [2.75, 3.05) is 6.66 Å². The van der Waals surface area contributed by atoms with E-state index in [2.05, 4.69) is 12.3 Å². The zero-order valence-corrected chi connectivity index (χ0v) is 7.92. The summed E-state index contributed by atoms with van der Waals surface area (Å²) in [7, 11) is -0.556. The molecule has 0 fully saturated rings. The van der Waals surface area contributed by atoms with Gasteiger partial charge in [-0.3, -0.25) is 0 Å². The molecule has 0 N–H and O–H groups in total. The summed E-state index contributed by atoms with van der Waals surface area (Å²) in [4.78, 5) is 0. The van der Waals surface area contributed by atoms with Crippen LogP contribution in [0.4, 0.5) is 0 Å². The molecule has 1 nitrogen and oxygen atoms in total. The molecular formula is C10H11OP. The van der Waals surface area contributed by atoms with Gasteiger partial charge in [0.25, 0.3) is 0 Å². The fourth-order valence-corrected chi connectivity index (χ4v) is 1.57. The molecule has 0 amide bonds. The van der Waals surface area contributed by atoms with Crippen LogP contribution < -0.4 is 4.52 Å². The first kappa shape index (κ1) is 9.06. The topological polar surface area (TPSA) is 9.23 Å².